The second-order valence-corrected chi connectivity index (χ2v) is 2.90. The van der Waals surface area contributed by atoms with Crippen molar-refractivity contribution in [1.29, 1.82) is 0 Å². The summed E-state index contributed by atoms with van der Waals surface area (Å²) in [6.07, 6.45) is 0. The Morgan fingerprint density at radius 3 is 2.80 bits per heavy atom. The normalized spacial score (nSPS) is 9.30. The van der Waals surface area contributed by atoms with Crippen LogP contribution in [0.1, 0.15) is 9.67 Å². The van der Waals surface area contributed by atoms with Crippen molar-refractivity contribution in [3.63, 3.8) is 0 Å². The molecule has 3 N–H and O–H groups in total. The Kier molecular flexibility index (Phi) is 1.91. The molecule has 54 valence electrons. The van der Waals surface area contributed by atoms with Crippen LogP contribution < -0.4 is 11.1 Å². The second-order valence-electron chi connectivity index (χ2n) is 1.78. The summed E-state index contributed by atoms with van der Waals surface area (Å²) in [6, 6.07) is 3.42. The lowest BCUT2D eigenvalue weighted by Crippen LogP contribution is -2.15. The maximum atomic E-state index is 10.9. The fraction of sp³-hybridized carbons (Fsp3) is 0.167. The molecule has 10 heavy (non-hydrogen) atoms. The average Bonchev–Trinajstić information content (AvgIpc) is 2.34. The zero-order chi connectivity index (χ0) is 7.56. The van der Waals surface area contributed by atoms with Crippen LogP contribution in [0.15, 0.2) is 12.1 Å². The number of nitrogens with two attached hydrogens (primary N) is 1. The summed E-state index contributed by atoms with van der Waals surface area (Å²) in [5.74, 6) is -0.0818. The van der Waals surface area contributed by atoms with Gasteiger partial charge >= 0.3 is 0 Å². The predicted octanol–water partition coefficient (Wildman–Crippen LogP) is 0.690. The summed E-state index contributed by atoms with van der Waals surface area (Å²) >= 11 is 1.29. The number of carbonyl (C=O) groups is 1. The highest BCUT2D eigenvalue weighted by atomic mass is 32.1. The first-order chi connectivity index (χ1) is 4.74. The van der Waals surface area contributed by atoms with Gasteiger partial charge in [-0.2, -0.15) is 0 Å². The van der Waals surface area contributed by atoms with E-state index in [4.69, 9.17) is 5.73 Å². The molecule has 0 aliphatic carbocycles. The molecule has 0 bridgehead atoms. The summed E-state index contributed by atoms with van der Waals surface area (Å²) in [5.41, 5.74) is 5.41. The smallest absolute Gasteiger partial charge is 0.261 e. The number of carbonyl (C=O) groups excluding carboxylic acids is 1. The monoisotopic (exact) mass is 156 g/mol. The van der Waals surface area contributed by atoms with Crippen molar-refractivity contribution < 1.29 is 4.79 Å². The molecule has 1 aromatic heterocycles. The van der Waals surface area contributed by atoms with Crippen LogP contribution in [0.5, 0.6) is 0 Å². The molecule has 0 spiro atoms. The van der Waals surface area contributed by atoms with E-state index < -0.39 is 0 Å². The lowest BCUT2D eigenvalue weighted by molar-refractivity contribution is 0.0967. The van der Waals surface area contributed by atoms with Gasteiger partial charge in [0, 0.05) is 7.05 Å². The van der Waals surface area contributed by atoms with Gasteiger partial charge in [-0.15, -0.1) is 11.3 Å². The van der Waals surface area contributed by atoms with E-state index in [0.29, 0.717) is 9.88 Å². The largest absolute Gasteiger partial charge is 0.391 e. The molecule has 4 heteroatoms. The molecule has 0 unspecified atom stereocenters. The Labute approximate surface area is 62.9 Å². The number of rotatable bonds is 1. The third-order valence-corrected chi connectivity index (χ3v) is 1.99. The van der Waals surface area contributed by atoms with Crippen molar-refractivity contribution in [2.45, 2.75) is 0 Å². The van der Waals surface area contributed by atoms with Crippen LogP contribution in [0.25, 0.3) is 0 Å². The fourth-order valence-electron chi connectivity index (χ4n) is 0.598. The number of hydrogen-bond donors (Lipinski definition) is 2. The molecule has 1 amide bonds. The summed E-state index contributed by atoms with van der Waals surface area (Å²) < 4.78 is 0. The van der Waals surface area contributed by atoms with Gasteiger partial charge in [0.05, 0.1) is 9.88 Å². The van der Waals surface area contributed by atoms with Gasteiger partial charge in [0.15, 0.2) is 0 Å². The third kappa shape index (κ3) is 1.27. The van der Waals surface area contributed by atoms with Crippen molar-refractivity contribution in [3.8, 4) is 0 Å². The molecule has 0 saturated heterocycles. The quantitative estimate of drug-likeness (QED) is 0.628. The van der Waals surface area contributed by atoms with E-state index >= 15 is 0 Å². The SMILES string of the molecule is CNC(=O)c1ccc(N)s1. The molecule has 0 aliphatic rings. The van der Waals surface area contributed by atoms with Crippen LogP contribution >= 0.6 is 11.3 Å². The predicted molar refractivity (Wildman–Crippen MR) is 42.1 cm³/mol. The summed E-state index contributed by atoms with van der Waals surface area (Å²) in [7, 11) is 1.60. The Morgan fingerprint density at radius 1 is 1.70 bits per heavy atom. The minimum absolute atomic E-state index is 0.0818. The fourth-order valence-corrected chi connectivity index (χ4v) is 1.32. The minimum atomic E-state index is -0.0818. The van der Waals surface area contributed by atoms with E-state index in [0.717, 1.165) is 0 Å². The van der Waals surface area contributed by atoms with Crippen LogP contribution in [-0.4, -0.2) is 13.0 Å². The molecule has 0 atom stereocenters. The number of hydrogen-bond acceptors (Lipinski definition) is 3. The van der Waals surface area contributed by atoms with E-state index in [1.807, 2.05) is 0 Å². The van der Waals surface area contributed by atoms with Gasteiger partial charge in [-0.25, -0.2) is 0 Å². The van der Waals surface area contributed by atoms with Gasteiger partial charge in [0.2, 0.25) is 0 Å². The van der Waals surface area contributed by atoms with Gasteiger partial charge in [0.25, 0.3) is 5.91 Å². The van der Waals surface area contributed by atoms with Crippen LogP contribution in [0.2, 0.25) is 0 Å². The molecule has 0 fully saturated rings. The minimum Gasteiger partial charge on any atom is -0.391 e. The molecular formula is C6H8N2OS. The molecule has 1 aromatic rings. The van der Waals surface area contributed by atoms with E-state index in [1.54, 1.807) is 19.2 Å². The Hall–Kier alpha value is -1.03. The third-order valence-electron chi connectivity index (χ3n) is 1.08. The number of thiophene rings is 1. The zero-order valence-corrected chi connectivity index (χ0v) is 6.37. The van der Waals surface area contributed by atoms with Gasteiger partial charge in [-0.3, -0.25) is 4.79 Å². The standard InChI is InChI=1S/C6H8N2OS/c1-8-6(9)4-2-3-5(7)10-4/h2-3H,7H2,1H3,(H,8,9). The number of amides is 1. The van der Waals surface area contributed by atoms with E-state index in [9.17, 15) is 4.79 Å². The van der Waals surface area contributed by atoms with Gasteiger partial charge < -0.3 is 11.1 Å². The topological polar surface area (TPSA) is 55.1 Å². The van der Waals surface area contributed by atoms with Crippen molar-refractivity contribution in [1.82, 2.24) is 5.32 Å². The highest BCUT2D eigenvalue weighted by Crippen LogP contribution is 2.17. The highest BCUT2D eigenvalue weighted by Gasteiger charge is 2.03. The van der Waals surface area contributed by atoms with Gasteiger partial charge in [-0.05, 0) is 12.1 Å². The van der Waals surface area contributed by atoms with Crippen molar-refractivity contribution in [3.05, 3.63) is 17.0 Å². The lowest BCUT2D eigenvalue weighted by Gasteiger charge is -1.90. The Bertz CT molecular complexity index is 244. The Morgan fingerprint density at radius 2 is 2.40 bits per heavy atom. The van der Waals surface area contributed by atoms with Gasteiger partial charge in [-0.1, -0.05) is 0 Å². The summed E-state index contributed by atoms with van der Waals surface area (Å²) in [5, 5.41) is 3.18. The summed E-state index contributed by atoms with van der Waals surface area (Å²) in [6.45, 7) is 0. The van der Waals surface area contributed by atoms with Crippen molar-refractivity contribution >= 4 is 22.2 Å². The molecule has 0 saturated carbocycles. The average molecular weight is 156 g/mol. The first kappa shape index (κ1) is 7.08. The van der Waals surface area contributed by atoms with E-state index in [-0.39, 0.29) is 5.91 Å². The summed E-state index contributed by atoms with van der Waals surface area (Å²) in [4.78, 5) is 11.5. The molecule has 3 nitrogen and oxygen atoms in total. The lowest BCUT2D eigenvalue weighted by atomic mass is 10.4. The molecule has 1 heterocycles. The molecule has 0 radical (unpaired) electrons. The van der Waals surface area contributed by atoms with Crippen molar-refractivity contribution in [2.75, 3.05) is 12.8 Å². The van der Waals surface area contributed by atoms with Crippen LogP contribution in [0.3, 0.4) is 0 Å². The van der Waals surface area contributed by atoms with E-state index in [1.165, 1.54) is 11.3 Å². The maximum absolute atomic E-state index is 10.9. The van der Waals surface area contributed by atoms with Gasteiger partial charge in [0.1, 0.15) is 0 Å². The Balaban J connectivity index is 2.85. The van der Waals surface area contributed by atoms with Crippen LogP contribution in [-0.2, 0) is 0 Å². The molecule has 0 aliphatic heterocycles. The highest BCUT2D eigenvalue weighted by molar-refractivity contribution is 7.17. The zero-order valence-electron chi connectivity index (χ0n) is 5.55. The maximum Gasteiger partial charge on any atom is 0.261 e. The number of nitrogens with one attached hydrogen (secondary N) is 1. The molecule has 1 rings (SSSR count). The van der Waals surface area contributed by atoms with Crippen molar-refractivity contribution in [2.24, 2.45) is 0 Å². The van der Waals surface area contributed by atoms with E-state index in [2.05, 4.69) is 5.32 Å². The molecular weight excluding hydrogens is 148 g/mol. The first-order valence-corrected chi connectivity index (χ1v) is 3.63. The van der Waals surface area contributed by atoms with Crippen LogP contribution in [0, 0.1) is 0 Å². The molecule has 0 aromatic carbocycles. The van der Waals surface area contributed by atoms with Crippen LogP contribution in [0.4, 0.5) is 5.00 Å². The number of anilines is 1. The first-order valence-electron chi connectivity index (χ1n) is 2.81. The second kappa shape index (κ2) is 2.70. The number of nitrogen functional groups attached to an aromatic ring is 1.